The maximum atomic E-state index is 13.5. The summed E-state index contributed by atoms with van der Waals surface area (Å²) in [6.45, 7) is 2.87. The van der Waals surface area contributed by atoms with Gasteiger partial charge in [0.25, 0.3) is 0 Å². The molecule has 37 heavy (non-hydrogen) atoms. The maximum absolute atomic E-state index is 13.5. The van der Waals surface area contributed by atoms with Gasteiger partial charge >= 0.3 is 6.03 Å². The zero-order valence-electron chi connectivity index (χ0n) is 20.0. The summed E-state index contributed by atoms with van der Waals surface area (Å²) in [5.74, 6) is 0.167. The summed E-state index contributed by atoms with van der Waals surface area (Å²) < 4.78 is 26.9. The van der Waals surface area contributed by atoms with Crippen LogP contribution in [-0.4, -0.2) is 50.0 Å². The van der Waals surface area contributed by atoms with Crippen molar-refractivity contribution in [3.8, 4) is 22.5 Å². The van der Waals surface area contributed by atoms with Crippen LogP contribution >= 0.6 is 12.8 Å². The predicted molar refractivity (Wildman–Crippen MR) is 139 cm³/mol. The Morgan fingerprint density at radius 1 is 1.11 bits per heavy atom. The number of aromatic nitrogens is 4. The molecule has 0 aliphatic carbocycles. The molecule has 2 amide bonds. The lowest BCUT2D eigenvalue weighted by Gasteiger charge is -2.38. The highest BCUT2D eigenvalue weighted by molar-refractivity contribution is 7.78. The van der Waals surface area contributed by atoms with Gasteiger partial charge in [-0.1, -0.05) is 19.7 Å². The quantitative estimate of drug-likeness (QED) is 0.306. The molecule has 0 atom stereocenters. The van der Waals surface area contributed by atoms with Gasteiger partial charge in [-0.3, -0.25) is 14.3 Å². The van der Waals surface area contributed by atoms with Gasteiger partial charge in [0, 0.05) is 41.7 Å². The molecule has 0 saturated carbocycles. The second-order valence-corrected chi connectivity index (χ2v) is 9.57. The van der Waals surface area contributed by atoms with E-state index in [1.807, 2.05) is 19.1 Å². The van der Waals surface area contributed by atoms with E-state index in [1.165, 1.54) is 16.4 Å². The minimum Gasteiger partial charge on any atom is -0.345 e. The van der Waals surface area contributed by atoms with Crippen molar-refractivity contribution in [2.75, 3.05) is 25.1 Å². The Bertz CT molecular complexity index is 1350. The molecule has 4 heterocycles. The zero-order valence-corrected chi connectivity index (χ0v) is 20.9. The van der Waals surface area contributed by atoms with Crippen LogP contribution in [0.4, 0.5) is 14.9 Å². The minimum atomic E-state index is -0.736. The summed E-state index contributed by atoms with van der Waals surface area (Å²) >= 11 is 4.36. The molecular weight excluding hydrogens is 495 g/mol. The summed E-state index contributed by atoms with van der Waals surface area (Å²) in [6, 6.07) is 13.0. The third kappa shape index (κ3) is 5.79. The number of halogens is 1. The number of rotatable bonds is 6. The fourth-order valence-electron chi connectivity index (χ4n) is 4.00. The van der Waals surface area contributed by atoms with Gasteiger partial charge in [-0.25, -0.2) is 14.2 Å². The molecule has 190 valence electrons. The first kappa shape index (κ1) is 24.9. The fraction of sp³-hybridized carbons (Fsp3) is 0.231. The van der Waals surface area contributed by atoms with Gasteiger partial charge in [-0.05, 0) is 48.5 Å². The largest absolute Gasteiger partial charge is 0.345 e. The number of hydrogen-bond donors (Lipinski definition) is 3. The van der Waals surface area contributed by atoms with E-state index < -0.39 is 11.7 Å². The number of urea groups is 1. The number of pyridine rings is 2. The lowest BCUT2D eigenvalue weighted by molar-refractivity contribution is -0.233. The summed E-state index contributed by atoms with van der Waals surface area (Å²) in [6.07, 6.45) is 5.83. The van der Waals surface area contributed by atoms with E-state index in [-0.39, 0.29) is 18.4 Å². The first-order valence-electron chi connectivity index (χ1n) is 11.6. The van der Waals surface area contributed by atoms with Gasteiger partial charge < -0.3 is 19.8 Å². The summed E-state index contributed by atoms with van der Waals surface area (Å²) in [7, 11) is 0. The van der Waals surface area contributed by atoms with E-state index in [0.717, 1.165) is 16.8 Å². The molecule has 1 fully saturated rings. The Labute approximate surface area is 218 Å². The predicted octanol–water partition coefficient (Wildman–Crippen LogP) is 5.10. The van der Waals surface area contributed by atoms with Crippen LogP contribution < -0.4 is 5.32 Å². The molecule has 3 aromatic heterocycles. The standard InChI is InChI=1S/C26H25FN6O3S/c1-26(14-33(37)25(34)30-20-3-2-10-29-13-20)15-35-24(36-16-26)23-31-21(17-4-6-19(27)7-5-17)22(32-23)18-8-11-28-12-9-18/h2-13,24,37H,14-16H2,1H3,(H,30,34)(H,31,32). The molecule has 5 rings (SSSR count). The number of amides is 2. The van der Waals surface area contributed by atoms with Crippen molar-refractivity contribution in [3.05, 3.63) is 85.0 Å². The number of benzene rings is 1. The average molecular weight is 521 g/mol. The molecule has 0 bridgehead atoms. The molecule has 0 radical (unpaired) electrons. The van der Waals surface area contributed by atoms with Gasteiger partial charge in [0.1, 0.15) is 5.82 Å². The molecule has 2 N–H and O–H groups in total. The highest BCUT2D eigenvalue weighted by atomic mass is 32.1. The number of anilines is 1. The fourth-order valence-corrected chi connectivity index (χ4v) is 4.39. The molecule has 1 aromatic carbocycles. The molecule has 9 nitrogen and oxygen atoms in total. The average Bonchev–Trinajstić information content (AvgIpc) is 3.36. The van der Waals surface area contributed by atoms with Crippen molar-refractivity contribution in [2.24, 2.45) is 5.41 Å². The number of nitrogens with one attached hydrogen (secondary N) is 2. The van der Waals surface area contributed by atoms with Crippen LogP contribution in [0.25, 0.3) is 22.5 Å². The third-order valence-electron chi connectivity index (χ3n) is 5.88. The molecule has 0 unspecified atom stereocenters. The Morgan fingerprint density at radius 2 is 1.84 bits per heavy atom. The Morgan fingerprint density at radius 3 is 2.51 bits per heavy atom. The smallest absolute Gasteiger partial charge is 0.331 e. The number of ether oxygens (including phenoxy) is 2. The van der Waals surface area contributed by atoms with Gasteiger partial charge in [-0.15, -0.1) is 0 Å². The Hall–Kier alpha value is -3.80. The highest BCUT2D eigenvalue weighted by Gasteiger charge is 2.37. The monoisotopic (exact) mass is 520 g/mol. The first-order chi connectivity index (χ1) is 17.9. The van der Waals surface area contributed by atoms with Gasteiger partial charge in [0.15, 0.2) is 5.82 Å². The molecular formula is C26H25FN6O3S. The van der Waals surface area contributed by atoms with Crippen LogP contribution in [0.1, 0.15) is 19.0 Å². The van der Waals surface area contributed by atoms with Crippen molar-refractivity contribution in [1.82, 2.24) is 24.2 Å². The molecule has 1 saturated heterocycles. The van der Waals surface area contributed by atoms with E-state index >= 15 is 0 Å². The van der Waals surface area contributed by atoms with Crippen LogP contribution in [0.3, 0.4) is 0 Å². The van der Waals surface area contributed by atoms with E-state index in [4.69, 9.17) is 14.5 Å². The number of carbonyl (C=O) groups is 1. The van der Waals surface area contributed by atoms with E-state index in [1.54, 1.807) is 49.1 Å². The molecule has 4 aromatic rings. The molecule has 1 aliphatic heterocycles. The second kappa shape index (κ2) is 10.7. The first-order valence-corrected chi connectivity index (χ1v) is 12.0. The number of carbonyl (C=O) groups excluding carboxylic acids is 1. The SMILES string of the molecule is CC1(CN(S)C(=O)Nc2cccnc2)COC(c2nc(-c3ccc(F)cc3)c(-c3ccncc3)[nH]2)OC1. The van der Waals surface area contributed by atoms with E-state index in [9.17, 15) is 9.18 Å². The highest BCUT2D eigenvalue weighted by Crippen LogP contribution is 2.36. The van der Waals surface area contributed by atoms with Crippen molar-refractivity contribution >= 4 is 24.5 Å². The Balaban J connectivity index is 1.29. The number of H-pyrrole nitrogens is 1. The summed E-state index contributed by atoms with van der Waals surface area (Å²) in [5, 5.41) is 2.75. The number of aromatic amines is 1. The summed E-state index contributed by atoms with van der Waals surface area (Å²) in [4.78, 5) is 28.7. The lowest BCUT2D eigenvalue weighted by atomic mass is 9.92. The normalized spacial score (nSPS) is 19.4. The van der Waals surface area contributed by atoms with E-state index in [0.29, 0.717) is 30.4 Å². The Kier molecular flexibility index (Phi) is 7.17. The topological polar surface area (TPSA) is 105 Å². The van der Waals surface area contributed by atoms with Crippen LogP contribution in [0, 0.1) is 11.2 Å². The van der Waals surface area contributed by atoms with E-state index in [2.05, 4.69) is 33.1 Å². The van der Waals surface area contributed by atoms with Gasteiger partial charge in [0.2, 0.25) is 6.29 Å². The van der Waals surface area contributed by atoms with Crippen molar-refractivity contribution in [3.63, 3.8) is 0 Å². The second-order valence-electron chi connectivity index (χ2n) is 9.08. The third-order valence-corrected chi connectivity index (χ3v) is 6.20. The summed E-state index contributed by atoms with van der Waals surface area (Å²) in [5.41, 5.74) is 3.10. The number of nitrogens with zero attached hydrogens (tertiary/aromatic N) is 4. The van der Waals surface area contributed by atoms with Crippen LogP contribution in [0.5, 0.6) is 0 Å². The van der Waals surface area contributed by atoms with Crippen molar-refractivity contribution in [1.29, 1.82) is 0 Å². The van der Waals surface area contributed by atoms with Crippen LogP contribution in [0.15, 0.2) is 73.3 Å². The minimum absolute atomic E-state index is 0.288. The van der Waals surface area contributed by atoms with Crippen molar-refractivity contribution < 1.29 is 18.7 Å². The van der Waals surface area contributed by atoms with Crippen LogP contribution in [-0.2, 0) is 9.47 Å². The molecule has 0 spiro atoms. The molecule has 1 aliphatic rings. The van der Waals surface area contributed by atoms with Crippen LogP contribution in [0.2, 0.25) is 0 Å². The number of imidazole rings is 1. The van der Waals surface area contributed by atoms with Gasteiger partial charge in [0.05, 0.1) is 36.5 Å². The molecule has 11 heteroatoms. The van der Waals surface area contributed by atoms with Gasteiger partial charge in [-0.2, -0.15) is 0 Å². The zero-order chi connectivity index (χ0) is 25.8. The lowest BCUT2D eigenvalue weighted by Crippen LogP contribution is -2.45. The maximum Gasteiger partial charge on any atom is 0.331 e. The van der Waals surface area contributed by atoms with Crippen molar-refractivity contribution in [2.45, 2.75) is 13.2 Å². The number of hydrogen-bond acceptors (Lipinski definition) is 7. The number of thiol groups is 1.